The first-order chi connectivity index (χ1) is 16.9. The highest BCUT2D eigenvalue weighted by molar-refractivity contribution is 5.63. The lowest BCUT2D eigenvalue weighted by molar-refractivity contribution is 0.0330. The molecule has 7 nitrogen and oxygen atoms in total. The van der Waals surface area contributed by atoms with Crippen molar-refractivity contribution in [2.75, 3.05) is 43.1 Å². The van der Waals surface area contributed by atoms with Crippen LogP contribution in [0.15, 0.2) is 42.6 Å². The van der Waals surface area contributed by atoms with Gasteiger partial charge in [0.15, 0.2) is 0 Å². The van der Waals surface area contributed by atoms with E-state index in [9.17, 15) is 0 Å². The molecule has 0 saturated carbocycles. The Morgan fingerprint density at radius 3 is 2.49 bits per heavy atom. The molecule has 1 saturated heterocycles. The molecule has 4 heterocycles. The summed E-state index contributed by atoms with van der Waals surface area (Å²) in [7, 11) is 0. The molecular weight excluding hydrogens is 436 g/mol. The molecule has 0 amide bonds. The van der Waals surface area contributed by atoms with Gasteiger partial charge in [-0.1, -0.05) is 39.0 Å². The normalized spacial score (nSPS) is 16.7. The Balaban J connectivity index is 1.46. The minimum atomic E-state index is 0.124. The second-order valence-corrected chi connectivity index (χ2v) is 10.6. The number of ether oxygens (including phenoxy) is 1. The van der Waals surface area contributed by atoms with Crippen molar-refractivity contribution >= 4 is 17.3 Å². The number of nitrogens with zero attached hydrogens (tertiary/aromatic N) is 5. The van der Waals surface area contributed by atoms with E-state index in [-0.39, 0.29) is 5.41 Å². The first kappa shape index (κ1) is 23.7. The van der Waals surface area contributed by atoms with Gasteiger partial charge in [-0.2, -0.15) is 0 Å². The minimum Gasteiger partial charge on any atom is -0.379 e. The summed E-state index contributed by atoms with van der Waals surface area (Å²) in [5, 5.41) is 3.63. The standard InChI is InChI=1S/C28H36N6O/c1-20-6-5-12-29-27(20)34-13-11-24-23(18-34)26(30-22-9-7-21(8-10-22)28(2,3)4)32-25(31-24)19-33-14-16-35-17-15-33/h5-10,12H,11,13-19H2,1-4H3,(H,30,31,32). The molecule has 1 fully saturated rings. The summed E-state index contributed by atoms with van der Waals surface area (Å²) >= 11 is 0. The molecule has 2 aromatic heterocycles. The van der Waals surface area contributed by atoms with E-state index in [0.29, 0.717) is 0 Å². The van der Waals surface area contributed by atoms with Crippen molar-refractivity contribution in [1.29, 1.82) is 0 Å². The van der Waals surface area contributed by atoms with Crippen molar-refractivity contribution in [2.24, 2.45) is 0 Å². The zero-order valence-electron chi connectivity index (χ0n) is 21.3. The summed E-state index contributed by atoms with van der Waals surface area (Å²) < 4.78 is 5.52. The quantitative estimate of drug-likeness (QED) is 0.581. The molecule has 0 spiro atoms. The molecule has 0 aliphatic carbocycles. The van der Waals surface area contributed by atoms with Crippen molar-refractivity contribution in [3.8, 4) is 0 Å². The first-order valence-electron chi connectivity index (χ1n) is 12.6. The number of hydrogen-bond donors (Lipinski definition) is 1. The highest BCUT2D eigenvalue weighted by Gasteiger charge is 2.25. The van der Waals surface area contributed by atoms with Gasteiger partial charge in [0.25, 0.3) is 0 Å². The van der Waals surface area contributed by atoms with Crippen LogP contribution in [-0.2, 0) is 29.7 Å². The average Bonchev–Trinajstić information content (AvgIpc) is 2.85. The molecule has 184 valence electrons. The molecule has 3 aromatic rings. The molecule has 0 atom stereocenters. The summed E-state index contributed by atoms with van der Waals surface area (Å²) in [5.74, 6) is 2.82. The van der Waals surface area contributed by atoms with E-state index in [2.05, 4.69) is 78.1 Å². The van der Waals surface area contributed by atoms with E-state index in [1.165, 1.54) is 11.1 Å². The van der Waals surface area contributed by atoms with E-state index >= 15 is 0 Å². The number of aryl methyl sites for hydroxylation is 1. The van der Waals surface area contributed by atoms with Crippen LogP contribution in [0, 0.1) is 6.92 Å². The van der Waals surface area contributed by atoms with Crippen molar-refractivity contribution in [3.63, 3.8) is 0 Å². The SMILES string of the molecule is Cc1cccnc1N1CCc2nc(CN3CCOCC3)nc(Nc3ccc(C(C)(C)C)cc3)c2C1. The molecule has 5 rings (SSSR count). The molecule has 0 unspecified atom stereocenters. The van der Waals surface area contributed by atoms with E-state index in [0.717, 1.165) is 86.8 Å². The van der Waals surface area contributed by atoms with Gasteiger partial charge in [-0.05, 0) is 41.7 Å². The lowest BCUT2D eigenvalue weighted by atomic mass is 9.87. The summed E-state index contributed by atoms with van der Waals surface area (Å²) in [4.78, 5) is 19.5. The Labute approximate surface area is 208 Å². The Morgan fingerprint density at radius 2 is 1.77 bits per heavy atom. The minimum absolute atomic E-state index is 0.124. The number of hydrogen-bond acceptors (Lipinski definition) is 7. The second kappa shape index (κ2) is 9.91. The predicted octanol–water partition coefficient (Wildman–Crippen LogP) is 4.62. The Bertz CT molecular complexity index is 1170. The summed E-state index contributed by atoms with van der Waals surface area (Å²) in [5.41, 5.74) is 5.97. The summed E-state index contributed by atoms with van der Waals surface area (Å²) in [6, 6.07) is 12.8. The van der Waals surface area contributed by atoms with Crippen LogP contribution in [-0.4, -0.2) is 52.7 Å². The van der Waals surface area contributed by atoms with E-state index in [4.69, 9.17) is 14.7 Å². The number of anilines is 3. The lowest BCUT2D eigenvalue weighted by Crippen LogP contribution is -2.37. The van der Waals surface area contributed by atoms with Crippen molar-refractivity contribution in [3.05, 3.63) is 70.8 Å². The van der Waals surface area contributed by atoms with Gasteiger partial charge < -0.3 is 15.0 Å². The smallest absolute Gasteiger partial charge is 0.145 e. The number of benzene rings is 1. The molecule has 0 bridgehead atoms. The van der Waals surface area contributed by atoms with Crippen LogP contribution in [0.4, 0.5) is 17.3 Å². The zero-order chi connectivity index (χ0) is 24.4. The molecule has 2 aliphatic rings. The summed E-state index contributed by atoms with van der Waals surface area (Å²) in [6.07, 6.45) is 2.75. The highest BCUT2D eigenvalue weighted by atomic mass is 16.5. The maximum atomic E-state index is 5.52. The third-order valence-electron chi connectivity index (χ3n) is 6.87. The van der Waals surface area contributed by atoms with Gasteiger partial charge >= 0.3 is 0 Å². The summed E-state index contributed by atoms with van der Waals surface area (Å²) in [6.45, 7) is 14.6. The van der Waals surface area contributed by atoms with Crippen molar-refractivity contribution < 1.29 is 4.74 Å². The molecular formula is C28H36N6O. The van der Waals surface area contributed by atoms with Gasteiger partial charge in [0.1, 0.15) is 17.5 Å². The van der Waals surface area contributed by atoms with Crippen LogP contribution in [0.5, 0.6) is 0 Å². The molecule has 1 N–H and O–H groups in total. The first-order valence-corrected chi connectivity index (χ1v) is 12.6. The van der Waals surface area contributed by atoms with Crippen LogP contribution >= 0.6 is 0 Å². The molecule has 1 aromatic carbocycles. The van der Waals surface area contributed by atoms with Crippen molar-refractivity contribution in [1.82, 2.24) is 19.9 Å². The van der Waals surface area contributed by atoms with Crippen LogP contribution in [0.1, 0.15) is 49.0 Å². The van der Waals surface area contributed by atoms with Gasteiger partial charge in [-0.25, -0.2) is 15.0 Å². The Morgan fingerprint density at radius 1 is 1.00 bits per heavy atom. The van der Waals surface area contributed by atoms with E-state index in [1.807, 2.05) is 12.3 Å². The number of nitrogens with one attached hydrogen (secondary N) is 1. The number of morpholine rings is 1. The number of rotatable bonds is 5. The fourth-order valence-electron chi connectivity index (χ4n) is 4.78. The van der Waals surface area contributed by atoms with Crippen LogP contribution in [0.2, 0.25) is 0 Å². The maximum Gasteiger partial charge on any atom is 0.145 e. The molecule has 35 heavy (non-hydrogen) atoms. The third kappa shape index (κ3) is 5.46. The van der Waals surface area contributed by atoms with Gasteiger partial charge in [-0.15, -0.1) is 0 Å². The third-order valence-corrected chi connectivity index (χ3v) is 6.87. The van der Waals surface area contributed by atoms with Gasteiger partial charge in [0.05, 0.1) is 25.5 Å². The topological polar surface area (TPSA) is 66.4 Å². The average molecular weight is 473 g/mol. The molecule has 0 radical (unpaired) electrons. The molecule has 2 aliphatic heterocycles. The van der Waals surface area contributed by atoms with E-state index in [1.54, 1.807) is 0 Å². The molecule has 7 heteroatoms. The lowest BCUT2D eigenvalue weighted by Gasteiger charge is -2.32. The second-order valence-electron chi connectivity index (χ2n) is 10.6. The zero-order valence-corrected chi connectivity index (χ0v) is 21.3. The maximum absolute atomic E-state index is 5.52. The largest absolute Gasteiger partial charge is 0.379 e. The van der Waals surface area contributed by atoms with Gasteiger partial charge in [0, 0.05) is 50.0 Å². The van der Waals surface area contributed by atoms with Crippen LogP contribution < -0.4 is 10.2 Å². The van der Waals surface area contributed by atoms with E-state index < -0.39 is 0 Å². The number of pyridine rings is 1. The predicted molar refractivity (Wildman–Crippen MR) is 140 cm³/mol. The Hall–Kier alpha value is -3.03. The monoisotopic (exact) mass is 472 g/mol. The van der Waals surface area contributed by atoms with Gasteiger partial charge in [0.2, 0.25) is 0 Å². The fraction of sp³-hybridized carbons (Fsp3) is 0.464. The van der Waals surface area contributed by atoms with Crippen molar-refractivity contribution in [2.45, 2.75) is 52.6 Å². The Kier molecular flexibility index (Phi) is 6.71. The van der Waals surface area contributed by atoms with Crippen LogP contribution in [0.3, 0.4) is 0 Å². The van der Waals surface area contributed by atoms with Crippen LogP contribution in [0.25, 0.3) is 0 Å². The fourth-order valence-corrected chi connectivity index (χ4v) is 4.78. The number of aromatic nitrogens is 3. The highest BCUT2D eigenvalue weighted by Crippen LogP contribution is 2.31. The van der Waals surface area contributed by atoms with Gasteiger partial charge in [-0.3, -0.25) is 4.90 Å². The number of fused-ring (bicyclic) bond motifs is 1.